The molecule has 2 aromatic heterocycles. The molecule has 7 nitrogen and oxygen atoms in total. The van der Waals surface area contributed by atoms with Crippen LogP contribution < -0.4 is 5.32 Å². The first-order chi connectivity index (χ1) is 15.1. The molecule has 2 heterocycles. The third-order valence-corrected chi connectivity index (χ3v) is 5.93. The summed E-state index contributed by atoms with van der Waals surface area (Å²) in [6.45, 7) is -0.203. The van der Waals surface area contributed by atoms with E-state index in [1.807, 2.05) is 54.6 Å². The van der Waals surface area contributed by atoms with E-state index in [0.29, 0.717) is 22.7 Å². The van der Waals surface area contributed by atoms with Gasteiger partial charge in [-0.05, 0) is 30.4 Å². The second-order valence-electron chi connectivity index (χ2n) is 7.79. The molecular formula is C24H21N3O4. The highest BCUT2D eigenvalue weighted by atomic mass is 16.4. The van der Waals surface area contributed by atoms with Gasteiger partial charge in [-0.3, -0.25) is 0 Å². The van der Waals surface area contributed by atoms with Crippen molar-refractivity contribution in [3.05, 3.63) is 72.1 Å². The molecule has 31 heavy (non-hydrogen) atoms. The fourth-order valence-corrected chi connectivity index (χ4v) is 4.22. The fourth-order valence-electron chi connectivity index (χ4n) is 4.22. The van der Waals surface area contributed by atoms with Gasteiger partial charge >= 0.3 is 6.09 Å². The largest absolute Gasteiger partial charge is 0.465 e. The highest BCUT2D eigenvalue weighted by molar-refractivity contribution is 5.98. The third-order valence-electron chi connectivity index (χ3n) is 5.93. The van der Waals surface area contributed by atoms with Crippen LogP contribution >= 0.6 is 0 Å². The predicted molar refractivity (Wildman–Crippen MR) is 115 cm³/mol. The number of aliphatic hydroxyl groups excluding tert-OH is 1. The summed E-state index contributed by atoms with van der Waals surface area (Å²) in [6.07, 6.45) is 3.07. The minimum Gasteiger partial charge on any atom is -0.465 e. The van der Waals surface area contributed by atoms with Crippen LogP contribution in [-0.2, 0) is 12.1 Å². The van der Waals surface area contributed by atoms with E-state index in [4.69, 9.17) is 4.42 Å². The molecule has 0 saturated heterocycles. The number of nitrogens with one attached hydrogen (secondary N) is 1. The minimum absolute atomic E-state index is 0.203. The second kappa shape index (κ2) is 7.52. The standard InChI is InChI=1S/C24H21N3O4/c28-14-18-13-25-22-20(26-18)19(15-5-2-1-3-6-15)21(31-22)16-7-9-17(10-8-16)24(11-4-12-24)27-23(29)30/h1-3,5-10,13,27-28H,4,11-12,14H2,(H,29,30). The Hall–Kier alpha value is -3.71. The number of benzene rings is 2. The molecule has 0 aliphatic heterocycles. The second-order valence-corrected chi connectivity index (χ2v) is 7.79. The summed E-state index contributed by atoms with van der Waals surface area (Å²) in [5, 5.41) is 21.4. The van der Waals surface area contributed by atoms with Gasteiger partial charge in [0.05, 0.1) is 29.6 Å². The molecule has 7 heteroatoms. The van der Waals surface area contributed by atoms with E-state index >= 15 is 0 Å². The Morgan fingerprint density at radius 1 is 1.06 bits per heavy atom. The monoisotopic (exact) mass is 415 g/mol. The summed E-state index contributed by atoms with van der Waals surface area (Å²) in [4.78, 5) is 20.1. The number of amides is 1. The van der Waals surface area contributed by atoms with Crippen molar-refractivity contribution in [2.75, 3.05) is 0 Å². The van der Waals surface area contributed by atoms with Gasteiger partial charge in [-0.15, -0.1) is 0 Å². The Labute approximate surface area is 178 Å². The van der Waals surface area contributed by atoms with Gasteiger partial charge in [0.25, 0.3) is 0 Å². The maximum absolute atomic E-state index is 11.3. The smallest absolute Gasteiger partial charge is 0.405 e. The summed E-state index contributed by atoms with van der Waals surface area (Å²) in [5.41, 5.74) is 4.50. The van der Waals surface area contributed by atoms with Crippen LogP contribution in [0.25, 0.3) is 33.7 Å². The Bertz CT molecular complexity index is 1250. The lowest BCUT2D eigenvalue weighted by molar-refractivity contribution is 0.144. The van der Waals surface area contributed by atoms with Crippen LogP contribution in [0.1, 0.15) is 30.5 Å². The van der Waals surface area contributed by atoms with E-state index in [9.17, 15) is 15.0 Å². The average Bonchev–Trinajstić information content (AvgIpc) is 3.15. The number of furan rings is 1. The van der Waals surface area contributed by atoms with E-state index in [1.165, 1.54) is 6.20 Å². The molecule has 0 bridgehead atoms. The Balaban J connectivity index is 1.62. The SMILES string of the molecule is O=C(O)NC1(c2ccc(-c3oc4ncc(CO)nc4c3-c3ccccc3)cc2)CCC1. The molecule has 1 aliphatic rings. The van der Waals surface area contributed by atoms with Crippen molar-refractivity contribution < 1.29 is 19.4 Å². The van der Waals surface area contributed by atoms with Gasteiger partial charge in [0.2, 0.25) is 5.71 Å². The maximum atomic E-state index is 11.3. The number of hydrogen-bond acceptors (Lipinski definition) is 5. The molecule has 0 radical (unpaired) electrons. The molecule has 156 valence electrons. The van der Waals surface area contributed by atoms with Gasteiger partial charge in [0, 0.05) is 5.56 Å². The quantitative estimate of drug-likeness (QED) is 0.436. The number of carbonyl (C=O) groups is 1. The predicted octanol–water partition coefficient (Wildman–Crippen LogP) is 4.70. The van der Waals surface area contributed by atoms with Crippen LogP contribution in [0.3, 0.4) is 0 Å². The zero-order valence-corrected chi connectivity index (χ0v) is 16.7. The molecular weight excluding hydrogens is 394 g/mol. The number of aliphatic hydroxyl groups is 1. The van der Waals surface area contributed by atoms with Crippen molar-refractivity contribution in [1.82, 2.24) is 15.3 Å². The number of aromatic nitrogens is 2. The highest BCUT2D eigenvalue weighted by Gasteiger charge is 2.40. The molecule has 4 aromatic rings. The van der Waals surface area contributed by atoms with Gasteiger partial charge in [0.15, 0.2) is 0 Å². The van der Waals surface area contributed by atoms with Crippen LogP contribution in [0.15, 0.2) is 65.2 Å². The van der Waals surface area contributed by atoms with Crippen molar-refractivity contribution in [3.8, 4) is 22.5 Å². The Morgan fingerprint density at radius 2 is 1.81 bits per heavy atom. The third kappa shape index (κ3) is 3.33. The normalized spacial score (nSPS) is 14.9. The Morgan fingerprint density at radius 3 is 2.42 bits per heavy atom. The summed E-state index contributed by atoms with van der Waals surface area (Å²) in [6, 6.07) is 17.6. The summed E-state index contributed by atoms with van der Waals surface area (Å²) in [7, 11) is 0. The molecule has 1 amide bonds. The first-order valence-corrected chi connectivity index (χ1v) is 10.2. The van der Waals surface area contributed by atoms with Gasteiger partial charge in [-0.2, -0.15) is 0 Å². The molecule has 5 rings (SSSR count). The van der Waals surface area contributed by atoms with Crippen molar-refractivity contribution in [2.24, 2.45) is 0 Å². The maximum Gasteiger partial charge on any atom is 0.405 e. The summed E-state index contributed by atoms with van der Waals surface area (Å²) in [5.74, 6) is 0.636. The molecule has 1 fully saturated rings. The van der Waals surface area contributed by atoms with Gasteiger partial charge in [-0.25, -0.2) is 14.8 Å². The Kier molecular flexibility index (Phi) is 4.67. The van der Waals surface area contributed by atoms with E-state index in [2.05, 4.69) is 15.3 Å². The average molecular weight is 415 g/mol. The molecule has 1 aliphatic carbocycles. The zero-order valence-electron chi connectivity index (χ0n) is 16.7. The lowest BCUT2D eigenvalue weighted by Crippen LogP contribution is -2.50. The van der Waals surface area contributed by atoms with Crippen LogP contribution in [0, 0.1) is 0 Å². The molecule has 1 saturated carbocycles. The van der Waals surface area contributed by atoms with E-state index in [0.717, 1.165) is 41.5 Å². The lowest BCUT2D eigenvalue weighted by atomic mass is 9.72. The minimum atomic E-state index is -1.01. The number of fused-ring (bicyclic) bond motifs is 1. The number of hydrogen-bond donors (Lipinski definition) is 3. The first-order valence-electron chi connectivity index (χ1n) is 10.2. The lowest BCUT2D eigenvalue weighted by Gasteiger charge is -2.42. The van der Waals surface area contributed by atoms with Gasteiger partial charge in [-0.1, -0.05) is 54.6 Å². The van der Waals surface area contributed by atoms with E-state index in [-0.39, 0.29) is 6.61 Å². The fraction of sp³-hybridized carbons (Fsp3) is 0.208. The summed E-state index contributed by atoms with van der Waals surface area (Å²) < 4.78 is 6.10. The van der Waals surface area contributed by atoms with E-state index < -0.39 is 11.6 Å². The highest BCUT2D eigenvalue weighted by Crippen LogP contribution is 2.43. The summed E-state index contributed by atoms with van der Waals surface area (Å²) >= 11 is 0. The molecule has 0 spiro atoms. The number of carboxylic acid groups (broad SMARTS) is 1. The first kappa shape index (κ1) is 19.3. The zero-order chi connectivity index (χ0) is 21.4. The van der Waals surface area contributed by atoms with Crippen LogP contribution in [0.5, 0.6) is 0 Å². The molecule has 3 N–H and O–H groups in total. The van der Waals surface area contributed by atoms with Crippen molar-refractivity contribution in [3.63, 3.8) is 0 Å². The van der Waals surface area contributed by atoms with Crippen molar-refractivity contribution in [2.45, 2.75) is 31.4 Å². The van der Waals surface area contributed by atoms with Crippen LogP contribution in [0.2, 0.25) is 0 Å². The van der Waals surface area contributed by atoms with Crippen LogP contribution in [-0.4, -0.2) is 26.3 Å². The number of rotatable bonds is 5. The van der Waals surface area contributed by atoms with Crippen molar-refractivity contribution in [1.29, 1.82) is 0 Å². The molecule has 2 aromatic carbocycles. The van der Waals surface area contributed by atoms with Gasteiger partial charge in [0.1, 0.15) is 11.3 Å². The number of nitrogens with zero attached hydrogens (tertiary/aromatic N) is 2. The molecule has 0 unspecified atom stereocenters. The topological polar surface area (TPSA) is 108 Å². The van der Waals surface area contributed by atoms with E-state index in [1.54, 1.807) is 0 Å². The van der Waals surface area contributed by atoms with Crippen molar-refractivity contribution >= 4 is 17.3 Å². The van der Waals surface area contributed by atoms with Gasteiger partial charge < -0.3 is 19.9 Å². The molecule has 0 atom stereocenters. The van der Waals surface area contributed by atoms with Crippen LogP contribution in [0.4, 0.5) is 4.79 Å².